The Bertz CT molecular complexity index is 886. The molecule has 1 heterocycles. The number of non-ortho nitro benzene ring substituents is 1. The molecule has 1 aliphatic heterocycles. The van der Waals surface area contributed by atoms with Crippen LogP contribution < -0.4 is 5.32 Å². The van der Waals surface area contributed by atoms with Gasteiger partial charge in [-0.25, -0.2) is 9.18 Å². The minimum absolute atomic E-state index is 0.0903. The summed E-state index contributed by atoms with van der Waals surface area (Å²) in [7, 11) is 0. The Morgan fingerprint density at radius 2 is 1.92 bits per heavy atom. The predicted molar refractivity (Wildman–Crippen MR) is 85.9 cm³/mol. The van der Waals surface area contributed by atoms with Gasteiger partial charge in [-0.2, -0.15) is 0 Å². The average Bonchev–Trinajstić information content (AvgIpc) is 2.79. The number of imide groups is 1. The molecule has 2 aromatic carbocycles. The summed E-state index contributed by atoms with van der Waals surface area (Å²) in [6, 6.07) is 10.5. The second-order valence-corrected chi connectivity index (χ2v) is 5.88. The number of halogens is 1. The Balaban J connectivity index is 1.92. The number of benzene rings is 2. The maximum absolute atomic E-state index is 13.3. The Labute approximate surface area is 142 Å². The molecule has 3 rings (SSSR count). The number of rotatable bonds is 4. The van der Waals surface area contributed by atoms with Crippen molar-refractivity contribution in [1.82, 2.24) is 10.2 Å². The normalized spacial score (nSPS) is 19.8. The molecule has 3 amide bonds. The van der Waals surface area contributed by atoms with Crippen LogP contribution in [0.2, 0.25) is 0 Å². The first kappa shape index (κ1) is 16.6. The van der Waals surface area contributed by atoms with Crippen molar-refractivity contribution < 1.29 is 18.9 Å². The van der Waals surface area contributed by atoms with Gasteiger partial charge in [-0.05, 0) is 30.2 Å². The van der Waals surface area contributed by atoms with E-state index in [0.717, 1.165) is 4.90 Å². The first-order chi connectivity index (χ1) is 11.8. The zero-order valence-electron chi connectivity index (χ0n) is 13.2. The molecule has 0 aromatic heterocycles. The molecule has 8 heteroatoms. The average molecular weight is 343 g/mol. The summed E-state index contributed by atoms with van der Waals surface area (Å²) in [5.74, 6) is -1.02. The Morgan fingerprint density at radius 1 is 1.20 bits per heavy atom. The van der Waals surface area contributed by atoms with E-state index in [4.69, 9.17) is 0 Å². The van der Waals surface area contributed by atoms with Crippen molar-refractivity contribution >= 4 is 17.6 Å². The van der Waals surface area contributed by atoms with Crippen LogP contribution in [-0.4, -0.2) is 21.8 Å². The first-order valence-corrected chi connectivity index (χ1v) is 7.45. The lowest BCUT2D eigenvalue weighted by atomic mass is 9.91. The SMILES string of the molecule is CC1(c2cccc([N+](=O)[O-])c2)NC(=O)N(Cc2cccc(F)c2)C1=O. The molecule has 2 aromatic rings. The van der Waals surface area contributed by atoms with Gasteiger partial charge in [0.25, 0.3) is 11.6 Å². The number of amides is 3. The molecule has 0 radical (unpaired) electrons. The molecule has 128 valence electrons. The zero-order valence-corrected chi connectivity index (χ0v) is 13.2. The summed E-state index contributed by atoms with van der Waals surface area (Å²) in [5.41, 5.74) is -0.825. The Hall–Kier alpha value is -3.29. The van der Waals surface area contributed by atoms with Crippen LogP contribution in [0.4, 0.5) is 14.9 Å². The molecule has 0 saturated carbocycles. The van der Waals surface area contributed by atoms with Crippen LogP contribution in [0.25, 0.3) is 0 Å². The summed E-state index contributed by atoms with van der Waals surface area (Å²) in [5, 5.41) is 13.5. The van der Waals surface area contributed by atoms with Gasteiger partial charge in [-0.3, -0.25) is 19.8 Å². The van der Waals surface area contributed by atoms with Crippen molar-refractivity contribution in [1.29, 1.82) is 0 Å². The topological polar surface area (TPSA) is 92.6 Å². The standard InChI is InChI=1S/C17H14FN3O4/c1-17(12-5-3-7-14(9-12)21(24)25)15(22)20(16(23)19-17)10-11-4-2-6-13(18)8-11/h2-9H,10H2,1H3,(H,19,23). The van der Waals surface area contributed by atoms with E-state index in [2.05, 4.69) is 5.32 Å². The summed E-state index contributed by atoms with van der Waals surface area (Å²) >= 11 is 0. The molecule has 1 atom stereocenters. The van der Waals surface area contributed by atoms with Crippen LogP contribution >= 0.6 is 0 Å². The van der Waals surface area contributed by atoms with E-state index in [-0.39, 0.29) is 12.2 Å². The number of hydrogen-bond donors (Lipinski definition) is 1. The van der Waals surface area contributed by atoms with Gasteiger partial charge in [-0.15, -0.1) is 0 Å². The number of urea groups is 1. The van der Waals surface area contributed by atoms with Crippen LogP contribution in [0.15, 0.2) is 48.5 Å². The molecule has 0 bridgehead atoms. The number of nitro groups is 1. The van der Waals surface area contributed by atoms with Gasteiger partial charge in [-0.1, -0.05) is 24.3 Å². The number of hydrogen-bond acceptors (Lipinski definition) is 4. The second-order valence-electron chi connectivity index (χ2n) is 5.88. The third-order valence-electron chi connectivity index (χ3n) is 4.14. The Kier molecular flexibility index (Phi) is 3.96. The van der Waals surface area contributed by atoms with E-state index >= 15 is 0 Å². The van der Waals surface area contributed by atoms with Gasteiger partial charge in [0.05, 0.1) is 11.5 Å². The molecular weight excluding hydrogens is 329 g/mol. The van der Waals surface area contributed by atoms with Crippen LogP contribution in [0.3, 0.4) is 0 Å². The fraction of sp³-hybridized carbons (Fsp3) is 0.176. The molecule has 1 N–H and O–H groups in total. The van der Waals surface area contributed by atoms with Gasteiger partial charge in [0.15, 0.2) is 0 Å². The maximum Gasteiger partial charge on any atom is 0.325 e. The van der Waals surface area contributed by atoms with Crippen LogP contribution in [0.1, 0.15) is 18.1 Å². The summed E-state index contributed by atoms with van der Waals surface area (Å²) < 4.78 is 13.3. The van der Waals surface area contributed by atoms with Crippen LogP contribution in [0.5, 0.6) is 0 Å². The highest BCUT2D eigenvalue weighted by Gasteiger charge is 2.49. The third kappa shape index (κ3) is 2.93. The van der Waals surface area contributed by atoms with Gasteiger partial charge < -0.3 is 5.32 Å². The first-order valence-electron chi connectivity index (χ1n) is 7.45. The lowest BCUT2D eigenvalue weighted by molar-refractivity contribution is -0.385. The van der Waals surface area contributed by atoms with Crippen molar-refractivity contribution in [3.63, 3.8) is 0 Å². The van der Waals surface area contributed by atoms with Crippen molar-refractivity contribution in [3.05, 3.63) is 75.6 Å². The second kappa shape index (κ2) is 5.97. The highest BCUT2D eigenvalue weighted by atomic mass is 19.1. The van der Waals surface area contributed by atoms with Crippen molar-refractivity contribution in [3.8, 4) is 0 Å². The molecule has 0 aliphatic carbocycles. The van der Waals surface area contributed by atoms with Crippen molar-refractivity contribution in [2.45, 2.75) is 19.0 Å². The fourth-order valence-corrected chi connectivity index (χ4v) is 2.78. The number of nitrogens with zero attached hydrogens (tertiary/aromatic N) is 2. The maximum atomic E-state index is 13.3. The number of carbonyl (C=O) groups excluding carboxylic acids is 2. The third-order valence-corrected chi connectivity index (χ3v) is 4.14. The smallest absolute Gasteiger partial charge is 0.319 e. The predicted octanol–water partition coefficient (Wildman–Crippen LogP) is 2.70. The van der Waals surface area contributed by atoms with E-state index in [9.17, 15) is 24.1 Å². The van der Waals surface area contributed by atoms with Crippen LogP contribution in [-0.2, 0) is 16.9 Å². The summed E-state index contributed by atoms with van der Waals surface area (Å²) in [6.45, 7) is 1.39. The lowest BCUT2D eigenvalue weighted by Crippen LogP contribution is -2.40. The van der Waals surface area contributed by atoms with Gasteiger partial charge in [0.1, 0.15) is 11.4 Å². The molecule has 0 spiro atoms. The fourth-order valence-electron chi connectivity index (χ4n) is 2.78. The highest BCUT2D eigenvalue weighted by Crippen LogP contribution is 2.31. The van der Waals surface area contributed by atoms with Crippen molar-refractivity contribution in [2.24, 2.45) is 0 Å². The van der Waals surface area contributed by atoms with Gasteiger partial charge in [0, 0.05) is 12.1 Å². The van der Waals surface area contributed by atoms with Gasteiger partial charge >= 0.3 is 6.03 Å². The monoisotopic (exact) mass is 343 g/mol. The largest absolute Gasteiger partial charge is 0.325 e. The van der Waals surface area contributed by atoms with E-state index in [1.165, 1.54) is 49.4 Å². The minimum Gasteiger partial charge on any atom is -0.319 e. The molecule has 7 nitrogen and oxygen atoms in total. The minimum atomic E-state index is -1.42. The molecule has 25 heavy (non-hydrogen) atoms. The van der Waals surface area contributed by atoms with Crippen LogP contribution in [0, 0.1) is 15.9 Å². The van der Waals surface area contributed by atoms with E-state index in [0.29, 0.717) is 11.1 Å². The number of carbonyl (C=O) groups is 2. The quantitative estimate of drug-likeness (QED) is 0.525. The molecule has 1 unspecified atom stereocenters. The summed E-state index contributed by atoms with van der Waals surface area (Å²) in [4.78, 5) is 36.4. The number of nitrogens with one attached hydrogen (secondary N) is 1. The lowest BCUT2D eigenvalue weighted by Gasteiger charge is -2.22. The highest BCUT2D eigenvalue weighted by molar-refractivity contribution is 6.07. The summed E-state index contributed by atoms with van der Waals surface area (Å²) in [6.07, 6.45) is 0. The molecule has 1 aliphatic rings. The molecular formula is C17H14FN3O4. The van der Waals surface area contributed by atoms with Crippen molar-refractivity contribution in [2.75, 3.05) is 0 Å². The zero-order chi connectivity index (χ0) is 18.2. The molecule has 1 saturated heterocycles. The van der Waals surface area contributed by atoms with E-state index < -0.39 is 28.2 Å². The molecule has 1 fully saturated rings. The van der Waals surface area contributed by atoms with E-state index in [1.54, 1.807) is 6.07 Å². The number of nitro benzene ring substituents is 1. The Morgan fingerprint density at radius 3 is 2.60 bits per heavy atom. The van der Waals surface area contributed by atoms with E-state index in [1.807, 2.05) is 0 Å². The van der Waals surface area contributed by atoms with Gasteiger partial charge in [0.2, 0.25) is 0 Å².